The molecule has 0 amide bonds. The predicted molar refractivity (Wildman–Crippen MR) is 80.6 cm³/mol. The molecule has 112 valence electrons. The van der Waals surface area contributed by atoms with Gasteiger partial charge in [-0.15, -0.1) is 0 Å². The quantitative estimate of drug-likeness (QED) is 0.877. The van der Waals surface area contributed by atoms with Gasteiger partial charge >= 0.3 is 0 Å². The summed E-state index contributed by atoms with van der Waals surface area (Å²) < 4.78 is 19.8. The maximum absolute atomic E-state index is 13.8. The fourth-order valence-electron chi connectivity index (χ4n) is 3.04. The Hall–Kier alpha value is -1.09. The van der Waals surface area contributed by atoms with Crippen molar-refractivity contribution in [3.63, 3.8) is 0 Å². The second kappa shape index (κ2) is 6.13. The van der Waals surface area contributed by atoms with E-state index in [0.717, 1.165) is 31.4 Å². The SMILES string of the molecule is CCCNC1C(Oc2cc(C)ccc2F)CCC1(C)C. The van der Waals surface area contributed by atoms with Crippen LogP contribution < -0.4 is 10.1 Å². The molecule has 0 heterocycles. The molecule has 0 spiro atoms. The second-order valence-corrected chi connectivity index (χ2v) is 6.55. The fourth-order valence-corrected chi connectivity index (χ4v) is 3.04. The number of hydrogen-bond donors (Lipinski definition) is 1. The van der Waals surface area contributed by atoms with Gasteiger partial charge in [-0.3, -0.25) is 0 Å². The molecular formula is C17H26FNO. The molecule has 2 rings (SSSR count). The van der Waals surface area contributed by atoms with Crippen molar-refractivity contribution in [3.05, 3.63) is 29.6 Å². The zero-order chi connectivity index (χ0) is 14.8. The van der Waals surface area contributed by atoms with Crippen molar-refractivity contribution in [1.29, 1.82) is 0 Å². The first-order valence-corrected chi connectivity index (χ1v) is 7.60. The number of ether oxygens (including phenoxy) is 1. The monoisotopic (exact) mass is 279 g/mol. The third kappa shape index (κ3) is 3.32. The van der Waals surface area contributed by atoms with Crippen molar-refractivity contribution in [2.45, 2.75) is 59.1 Å². The van der Waals surface area contributed by atoms with E-state index in [1.165, 1.54) is 6.07 Å². The lowest BCUT2D eigenvalue weighted by Gasteiger charge is -2.31. The Morgan fingerprint density at radius 1 is 1.40 bits per heavy atom. The first kappa shape index (κ1) is 15.3. The number of nitrogens with one attached hydrogen (secondary N) is 1. The molecule has 1 fully saturated rings. The lowest BCUT2D eigenvalue weighted by atomic mass is 9.87. The molecule has 0 aromatic heterocycles. The summed E-state index contributed by atoms with van der Waals surface area (Å²) in [6.07, 6.45) is 3.22. The summed E-state index contributed by atoms with van der Waals surface area (Å²) in [4.78, 5) is 0. The van der Waals surface area contributed by atoms with Crippen molar-refractivity contribution in [2.75, 3.05) is 6.54 Å². The Balaban J connectivity index is 2.13. The smallest absolute Gasteiger partial charge is 0.165 e. The van der Waals surface area contributed by atoms with Gasteiger partial charge in [-0.25, -0.2) is 4.39 Å². The summed E-state index contributed by atoms with van der Waals surface area (Å²) in [5.41, 5.74) is 1.22. The Morgan fingerprint density at radius 2 is 2.15 bits per heavy atom. The highest BCUT2D eigenvalue weighted by molar-refractivity contribution is 5.30. The van der Waals surface area contributed by atoms with E-state index < -0.39 is 0 Å². The molecule has 2 unspecified atom stereocenters. The third-order valence-corrected chi connectivity index (χ3v) is 4.27. The number of halogens is 1. The Morgan fingerprint density at radius 3 is 2.85 bits per heavy atom. The zero-order valence-electron chi connectivity index (χ0n) is 13.0. The highest BCUT2D eigenvalue weighted by Gasteiger charge is 2.43. The molecule has 1 aliphatic rings. The molecule has 0 radical (unpaired) electrons. The molecule has 20 heavy (non-hydrogen) atoms. The van der Waals surface area contributed by atoms with Crippen molar-refractivity contribution >= 4 is 0 Å². The minimum absolute atomic E-state index is 0.0489. The van der Waals surface area contributed by atoms with Gasteiger partial charge in [0.2, 0.25) is 0 Å². The lowest BCUT2D eigenvalue weighted by Crippen LogP contribution is -2.47. The molecule has 1 aromatic rings. The van der Waals surface area contributed by atoms with Gasteiger partial charge in [-0.2, -0.15) is 0 Å². The minimum Gasteiger partial charge on any atom is -0.486 e. The van der Waals surface area contributed by atoms with Crippen molar-refractivity contribution in [1.82, 2.24) is 5.32 Å². The Kier molecular flexibility index (Phi) is 4.69. The number of rotatable bonds is 5. The molecule has 1 aliphatic carbocycles. The van der Waals surface area contributed by atoms with Crippen LogP contribution >= 0.6 is 0 Å². The summed E-state index contributed by atoms with van der Waals surface area (Å²) in [6, 6.07) is 5.33. The van der Waals surface area contributed by atoms with E-state index in [9.17, 15) is 4.39 Å². The van der Waals surface area contributed by atoms with Crippen LogP contribution in [0.15, 0.2) is 18.2 Å². The molecule has 2 nitrogen and oxygen atoms in total. The summed E-state index contributed by atoms with van der Waals surface area (Å²) in [5.74, 6) is 0.116. The Labute approximate surface area is 121 Å². The minimum atomic E-state index is -0.269. The molecule has 2 atom stereocenters. The van der Waals surface area contributed by atoms with E-state index >= 15 is 0 Å². The van der Waals surface area contributed by atoms with Crippen LogP contribution in [0, 0.1) is 18.2 Å². The lowest BCUT2D eigenvalue weighted by molar-refractivity contribution is 0.135. The number of hydrogen-bond acceptors (Lipinski definition) is 2. The maximum atomic E-state index is 13.8. The maximum Gasteiger partial charge on any atom is 0.165 e. The van der Waals surface area contributed by atoms with E-state index in [2.05, 4.69) is 26.1 Å². The molecule has 1 aromatic carbocycles. The highest BCUT2D eigenvalue weighted by atomic mass is 19.1. The highest BCUT2D eigenvalue weighted by Crippen LogP contribution is 2.39. The van der Waals surface area contributed by atoms with Gasteiger partial charge in [-0.1, -0.05) is 26.8 Å². The molecule has 1 N–H and O–H groups in total. The van der Waals surface area contributed by atoms with E-state index in [4.69, 9.17) is 4.74 Å². The Bertz CT molecular complexity index is 458. The first-order chi connectivity index (χ1) is 9.44. The third-order valence-electron chi connectivity index (χ3n) is 4.27. The fraction of sp³-hybridized carbons (Fsp3) is 0.647. The summed E-state index contributed by atoms with van der Waals surface area (Å²) in [6.45, 7) is 9.61. The number of aryl methyl sites for hydroxylation is 1. The van der Waals surface area contributed by atoms with Gasteiger partial charge < -0.3 is 10.1 Å². The molecule has 0 saturated heterocycles. The topological polar surface area (TPSA) is 21.3 Å². The average molecular weight is 279 g/mol. The van der Waals surface area contributed by atoms with Crippen LogP contribution in [0.4, 0.5) is 4.39 Å². The van der Waals surface area contributed by atoms with Crippen LogP contribution in [0.5, 0.6) is 5.75 Å². The number of benzene rings is 1. The molecular weight excluding hydrogens is 253 g/mol. The molecule has 1 saturated carbocycles. The van der Waals surface area contributed by atoms with Gasteiger partial charge in [0.15, 0.2) is 11.6 Å². The van der Waals surface area contributed by atoms with Crippen LogP contribution in [-0.2, 0) is 0 Å². The van der Waals surface area contributed by atoms with Gasteiger partial charge in [0.25, 0.3) is 0 Å². The van der Waals surface area contributed by atoms with Crippen molar-refractivity contribution < 1.29 is 9.13 Å². The van der Waals surface area contributed by atoms with Gasteiger partial charge in [-0.05, 0) is 55.8 Å². The average Bonchev–Trinajstić information content (AvgIpc) is 2.67. The molecule has 3 heteroatoms. The molecule has 0 bridgehead atoms. The second-order valence-electron chi connectivity index (χ2n) is 6.55. The van der Waals surface area contributed by atoms with Gasteiger partial charge in [0.1, 0.15) is 6.10 Å². The van der Waals surface area contributed by atoms with Crippen LogP contribution in [0.1, 0.15) is 45.6 Å². The summed E-state index contributed by atoms with van der Waals surface area (Å²) in [5, 5.41) is 3.58. The normalized spacial score (nSPS) is 24.9. The van der Waals surface area contributed by atoms with Crippen molar-refractivity contribution in [2.24, 2.45) is 5.41 Å². The molecule has 0 aliphatic heterocycles. The van der Waals surface area contributed by atoms with Crippen LogP contribution in [0.3, 0.4) is 0 Å². The van der Waals surface area contributed by atoms with E-state index in [0.29, 0.717) is 5.75 Å². The van der Waals surface area contributed by atoms with E-state index in [1.54, 1.807) is 12.1 Å². The first-order valence-electron chi connectivity index (χ1n) is 7.60. The van der Waals surface area contributed by atoms with E-state index in [-0.39, 0.29) is 23.4 Å². The zero-order valence-corrected chi connectivity index (χ0v) is 13.0. The summed E-state index contributed by atoms with van der Waals surface area (Å²) in [7, 11) is 0. The summed E-state index contributed by atoms with van der Waals surface area (Å²) >= 11 is 0. The largest absolute Gasteiger partial charge is 0.486 e. The van der Waals surface area contributed by atoms with Gasteiger partial charge in [0, 0.05) is 6.04 Å². The van der Waals surface area contributed by atoms with Crippen LogP contribution in [-0.4, -0.2) is 18.7 Å². The van der Waals surface area contributed by atoms with Crippen LogP contribution in [0.25, 0.3) is 0 Å². The predicted octanol–water partition coefficient (Wildman–Crippen LogP) is 4.07. The van der Waals surface area contributed by atoms with E-state index in [1.807, 2.05) is 6.92 Å². The van der Waals surface area contributed by atoms with Gasteiger partial charge in [0.05, 0.1) is 0 Å². The standard InChI is InChI=1S/C17H26FNO/c1-5-10-19-16-14(8-9-17(16,3)4)20-15-11-12(2)6-7-13(15)18/h6-7,11,14,16,19H,5,8-10H2,1-4H3. The van der Waals surface area contributed by atoms with Crippen LogP contribution in [0.2, 0.25) is 0 Å². The van der Waals surface area contributed by atoms with Crippen molar-refractivity contribution in [3.8, 4) is 5.75 Å².